The molecule has 24 heavy (non-hydrogen) atoms. The highest BCUT2D eigenvalue weighted by molar-refractivity contribution is 9.10. The van der Waals surface area contributed by atoms with Crippen molar-refractivity contribution in [3.8, 4) is 0 Å². The quantitative estimate of drug-likeness (QED) is 0.845. The second kappa shape index (κ2) is 6.84. The van der Waals surface area contributed by atoms with Crippen LogP contribution in [0.4, 0.5) is 11.4 Å². The Bertz CT molecular complexity index is 807. The Morgan fingerprint density at radius 3 is 2.46 bits per heavy atom. The van der Waals surface area contributed by atoms with Crippen LogP contribution >= 0.6 is 15.9 Å². The summed E-state index contributed by atoms with van der Waals surface area (Å²) >= 11 is 3.38. The lowest BCUT2D eigenvalue weighted by Crippen LogP contribution is -2.39. The molecule has 1 atom stereocenters. The van der Waals surface area contributed by atoms with E-state index in [0.29, 0.717) is 11.4 Å². The molecule has 0 radical (unpaired) electrons. The molecule has 6 nitrogen and oxygen atoms in total. The normalized spacial score (nSPS) is 16.6. The number of para-hydroxylation sites is 2. The maximum atomic E-state index is 12.5. The van der Waals surface area contributed by atoms with Crippen molar-refractivity contribution in [1.29, 1.82) is 0 Å². The third-order valence-electron chi connectivity index (χ3n) is 3.64. The van der Waals surface area contributed by atoms with Crippen molar-refractivity contribution in [3.63, 3.8) is 0 Å². The summed E-state index contributed by atoms with van der Waals surface area (Å²) in [6.07, 6.45) is 0.167. The van der Waals surface area contributed by atoms with Crippen molar-refractivity contribution in [2.45, 2.75) is 12.5 Å². The fourth-order valence-electron chi connectivity index (χ4n) is 2.44. The number of benzene rings is 2. The fourth-order valence-corrected chi connectivity index (χ4v) is 2.83. The highest BCUT2D eigenvalue weighted by atomic mass is 79.9. The summed E-state index contributed by atoms with van der Waals surface area (Å²) in [4.78, 5) is 24.2. The molecule has 2 aromatic carbocycles. The van der Waals surface area contributed by atoms with Crippen LogP contribution in [0.1, 0.15) is 6.42 Å². The van der Waals surface area contributed by atoms with E-state index in [1.165, 1.54) is 5.01 Å². The lowest BCUT2D eigenvalue weighted by atomic mass is 10.1. The third kappa shape index (κ3) is 3.30. The number of hydrogen-bond acceptors (Lipinski definition) is 4. The van der Waals surface area contributed by atoms with Crippen molar-refractivity contribution in [3.05, 3.63) is 59.1 Å². The molecular weight excluding hydrogens is 372 g/mol. The monoisotopic (exact) mass is 386 g/mol. The predicted molar refractivity (Wildman–Crippen MR) is 96.7 cm³/mol. The average Bonchev–Trinajstić information content (AvgIpc) is 3.03. The molecule has 0 spiro atoms. The van der Waals surface area contributed by atoms with Gasteiger partial charge in [-0.15, -0.1) is 0 Å². The standard InChI is InChI=1S/C17H15BrN4O2/c18-12-8-4-5-9-13(12)20-17(24)14-10-15(16(19)23)22(21-14)11-6-2-1-3-7-11/h1-9,15H,10H2,(H2,19,23)(H,20,24). The minimum atomic E-state index is -0.674. The summed E-state index contributed by atoms with van der Waals surface area (Å²) in [5.74, 6) is -0.877. The van der Waals surface area contributed by atoms with Gasteiger partial charge in [0, 0.05) is 10.9 Å². The van der Waals surface area contributed by atoms with E-state index in [0.717, 1.165) is 4.47 Å². The number of nitrogens with two attached hydrogens (primary N) is 1. The maximum absolute atomic E-state index is 12.5. The van der Waals surface area contributed by atoms with Gasteiger partial charge in [-0.3, -0.25) is 14.6 Å². The third-order valence-corrected chi connectivity index (χ3v) is 4.34. The van der Waals surface area contributed by atoms with Crippen LogP contribution in [0, 0.1) is 0 Å². The lowest BCUT2D eigenvalue weighted by Gasteiger charge is -2.20. The number of hydrogen-bond donors (Lipinski definition) is 2. The molecule has 0 aromatic heterocycles. The summed E-state index contributed by atoms with van der Waals surface area (Å²) in [7, 11) is 0. The molecule has 0 saturated carbocycles. The van der Waals surface area contributed by atoms with Crippen LogP contribution in [0.5, 0.6) is 0 Å². The molecule has 1 aliphatic rings. The van der Waals surface area contributed by atoms with Gasteiger partial charge in [-0.2, -0.15) is 5.10 Å². The van der Waals surface area contributed by atoms with Crippen LogP contribution < -0.4 is 16.1 Å². The van der Waals surface area contributed by atoms with Gasteiger partial charge in [-0.1, -0.05) is 30.3 Å². The van der Waals surface area contributed by atoms with Crippen LogP contribution in [0.2, 0.25) is 0 Å². The number of hydrazone groups is 1. The molecule has 2 amide bonds. The van der Waals surface area contributed by atoms with Crippen LogP contribution in [-0.2, 0) is 9.59 Å². The molecule has 1 unspecified atom stereocenters. The van der Waals surface area contributed by atoms with Gasteiger partial charge in [0.05, 0.1) is 11.4 Å². The lowest BCUT2D eigenvalue weighted by molar-refractivity contribution is -0.119. The van der Waals surface area contributed by atoms with E-state index < -0.39 is 11.9 Å². The second-order valence-corrected chi connectivity index (χ2v) is 6.14. The molecule has 0 aliphatic carbocycles. The molecular formula is C17H15BrN4O2. The summed E-state index contributed by atoms with van der Waals surface area (Å²) in [6.45, 7) is 0. The van der Waals surface area contributed by atoms with Crippen LogP contribution in [0.3, 0.4) is 0 Å². The number of halogens is 1. The second-order valence-electron chi connectivity index (χ2n) is 5.28. The number of nitrogens with one attached hydrogen (secondary N) is 1. The van der Waals surface area contributed by atoms with E-state index in [2.05, 4.69) is 26.3 Å². The molecule has 1 aliphatic heterocycles. The number of carbonyl (C=O) groups is 2. The molecule has 3 N–H and O–H groups in total. The minimum absolute atomic E-state index is 0.167. The first-order valence-corrected chi connectivity index (χ1v) is 8.12. The zero-order valence-corrected chi connectivity index (χ0v) is 14.2. The number of anilines is 2. The Kier molecular flexibility index (Phi) is 4.61. The number of rotatable bonds is 4. The average molecular weight is 387 g/mol. The predicted octanol–water partition coefficient (Wildman–Crippen LogP) is 2.51. The van der Waals surface area contributed by atoms with Gasteiger partial charge in [-0.25, -0.2) is 0 Å². The Balaban J connectivity index is 1.84. The van der Waals surface area contributed by atoms with Gasteiger partial charge in [0.2, 0.25) is 5.91 Å². The zero-order chi connectivity index (χ0) is 17.1. The van der Waals surface area contributed by atoms with Gasteiger partial charge in [0.15, 0.2) is 0 Å². The van der Waals surface area contributed by atoms with E-state index in [9.17, 15) is 9.59 Å². The Morgan fingerprint density at radius 2 is 1.79 bits per heavy atom. The van der Waals surface area contributed by atoms with Crippen molar-refractivity contribution >= 4 is 44.8 Å². The van der Waals surface area contributed by atoms with Crippen LogP contribution in [-0.4, -0.2) is 23.6 Å². The van der Waals surface area contributed by atoms with Gasteiger partial charge in [0.1, 0.15) is 11.8 Å². The van der Waals surface area contributed by atoms with E-state index in [-0.39, 0.29) is 18.0 Å². The molecule has 2 aromatic rings. The van der Waals surface area contributed by atoms with Crippen LogP contribution in [0.15, 0.2) is 64.2 Å². The Labute approximate surface area is 147 Å². The van der Waals surface area contributed by atoms with E-state index in [1.54, 1.807) is 6.07 Å². The van der Waals surface area contributed by atoms with Gasteiger partial charge >= 0.3 is 0 Å². The van der Waals surface area contributed by atoms with Crippen molar-refractivity contribution in [1.82, 2.24) is 0 Å². The van der Waals surface area contributed by atoms with Gasteiger partial charge in [-0.05, 0) is 40.2 Å². The Morgan fingerprint density at radius 1 is 1.12 bits per heavy atom. The van der Waals surface area contributed by atoms with Crippen molar-refractivity contribution in [2.75, 3.05) is 10.3 Å². The smallest absolute Gasteiger partial charge is 0.271 e. The number of amides is 2. The van der Waals surface area contributed by atoms with Crippen molar-refractivity contribution in [2.24, 2.45) is 10.8 Å². The molecule has 0 saturated heterocycles. The minimum Gasteiger partial charge on any atom is -0.368 e. The topological polar surface area (TPSA) is 87.8 Å². The first-order valence-electron chi connectivity index (χ1n) is 7.33. The maximum Gasteiger partial charge on any atom is 0.271 e. The molecule has 1 heterocycles. The molecule has 122 valence electrons. The number of primary amides is 1. The first kappa shape index (κ1) is 16.2. The number of carbonyl (C=O) groups excluding carboxylic acids is 2. The molecule has 0 fully saturated rings. The van der Waals surface area contributed by atoms with Gasteiger partial charge in [0.25, 0.3) is 5.91 Å². The largest absolute Gasteiger partial charge is 0.368 e. The SMILES string of the molecule is NC(=O)C1CC(C(=O)Nc2ccccc2Br)=NN1c1ccccc1. The molecule has 3 rings (SSSR count). The van der Waals surface area contributed by atoms with Gasteiger partial charge < -0.3 is 11.1 Å². The molecule has 0 bridgehead atoms. The summed E-state index contributed by atoms with van der Waals surface area (Å²) in [5, 5.41) is 8.59. The Hall–Kier alpha value is -2.67. The zero-order valence-electron chi connectivity index (χ0n) is 12.6. The number of nitrogens with zero attached hydrogens (tertiary/aromatic N) is 2. The summed E-state index contributed by atoms with van der Waals surface area (Å²) in [5.41, 5.74) is 7.08. The highest BCUT2D eigenvalue weighted by Gasteiger charge is 2.35. The van der Waals surface area contributed by atoms with Crippen molar-refractivity contribution < 1.29 is 9.59 Å². The van der Waals surface area contributed by atoms with Crippen LogP contribution in [0.25, 0.3) is 0 Å². The van der Waals surface area contributed by atoms with E-state index >= 15 is 0 Å². The van der Waals surface area contributed by atoms with E-state index in [4.69, 9.17) is 5.73 Å². The van der Waals surface area contributed by atoms with E-state index in [1.807, 2.05) is 48.5 Å². The fraction of sp³-hybridized carbons (Fsp3) is 0.118. The highest BCUT2D eigenvalue weighted by Crippen LogP contribution is 2.26. The summed E-state index contributed by atoms with van der Waals surface area (Å²) in [6, 6.07) is 15.8. The molecule has 7 heteroatoms. The first-order chi connectivity index (χ1) is 11.6. The summed E-state index contributed by atoms with van der Waals surface area (Å²) < 4.78 is 0.767.